The number of methoxy groups -OCH3 is 1. The van der Waals surface area contributed by atoms with Crippen molar-refractivity contribution in [2.75, 3.05) is 40.0 Å². The minimum absolute atomic E-state index is 0.0520. The van der Waals surface area contributed by atoms with Crippen LogP contribution < -0.4 is 0 Å². The molecule has 6 heteroatoms. The Morgan fingerprint density at radius 1 is 1.50 bits per heavy atom. The highest BCUT2D eigenvalue weighted by Gasteiger charge is 2.27. The molecule has 0 aromatic carbocycles. The third-order valence-electron chi connectivity index (χ3n) is 3.10. The summed E-state index contributed by atoms with van der Waals surface area (Å²) in [6.45, 7) is 2.57. The summed E-state index contributed by atoms with van der Waals surface area (Å²) in [5.74, 6) is -0.780. The lowest BCUT2D eigenvalue weighted by Crippen LogP contribution is -2.39. The highest BCUT2D eigenvalue weighted by Crippen LogP contribution is 2.20. The van der Waals surface area contributed by atoms with Gasteiger partial charge in [-0.15, -0.1) is 0 Å². The number of rotatable bonds is 9. The summed E-state index contributed by atoms with van der Waals surface area (Å²) in [6.07, 6.45) is 1.46. The van der Waals surface area contributed by atoms with Gasteiger partial charge in [0.15, 0.2) is 0 Å². The molecule has 18 heavy (non-hydrogen) atoms. The molecule has 2 unspecified atom stereocenters. The summed E-state index contributed by atoms with van der Waals surface area (Å²) in [5, 5.41) is 18.6. The SMILES string of the molecule is COCCOCC(O)CN1CCCC1CC(=O)O. The fraction of sp³-hybridized carbons (Fsp3) is 0.917. The number of ether oxygens (including phenoxy) is 2. The van der Waals surface area contributed by atoms with Gasteiger partial charge in [-0.3, -0.25) is 9.69 Å². The van der Waals surface area contributed by atoms with Gasteiger partial charge in [-0.1, -0.05) is 0 Å². The number of likely N-dealkylation sites (tertiary alicyclic amines) is 1. The van der Waals surface area contributed by atoms with Crippen LogP contribution in [0.5, 0.6) is 0 Å². The van der Waals surface area contributed by atoms with Crippen LogP contribution in [0, 0.1) is 0 Å². The Morgan fingerprint density at radius 3 is 2.94 bits per heavy atom. The Bertz CT molecular complexity index is 249. The number of carboxylic acids is 1. The molecule has 0 amide bonds. The molecule has 0 spiro atoms. The minimum Gasteiger partial charge on any atom is -0.481 e. The summed E-state index contributed by atoms with van der Waals surface area (Å²) < 4.78 is 10.1. The van der Waals surface area contributed by atoms with Crippen LogP contribution in [0.25, 0.3) is 0 Å². The van der Waals surface area contributed by atoms with Gasteiger partial charge in [0, 0.05) is 19.7 Å². The first-order chi connectivity index (χ1) is 8.63. The van der Waals surface area contributed by atoms with Crippen molar-refractivity contribution < 1.29 is 24.5 Å². The lowest BCUT2D eigenvalue weighted by Gasteiger charge is -2.25. The van der Waals surface area contributed by atoms with Gasteiger partial charge in [-0.25, -0.2) is 0 Å². The first-order valence-electron chi connectivity index (χ1n) is 6.34. The summed E-state index contributed by atoms with van der Waals surface area (Å²) in [7, 11) is 1.60. The molecule has 1 rings (SSSR count). The van der Waals surface area contributed by atoms with E-state index in [1.165, 1.54) is 0 Å². The predicted molar refractivity (Wildman–Crippen MR) is 65.5 cm³/mol. The highest BCUT2D eigenvalue weighted by molar-refractivity contribution is 5.67. The van der Waals surface area contributed by atoms with E-state index >= 15 is 0 Å². The summed E-state index contributed by atoms with van der Waals surface area (Å²) in [4.78, 5) is 12.7. The van der Waals surface area contributed by atoms with Crippen LogP contribution in [0.3, 0.4) is 0 Å². The van der Waals surface area contributed by atoms with Crippen molar-refractivity contribution in [2.24, 2.45) is 0 Å². The van der Waals surface area contributed by atoms with Crippen molar-refractivity contribution in [1.29, 1.82) is 0 Å². The normalized spacial score (nSPS) is 22.2. The van der Waals surface area contributed by atoms with Crippen molar-refractivity contribution in [2.45, 2.75) is 31.4 Å². The van der Waals surface area contributed by atoms with Crippen LogP contribution in [0.1, 0.15) is 19.3 Å². The van der Waals surface area contributed by atoms with Crippen LogP contribution in [0.2, 0.25) is 0 Å². The minimum atomic E-state index is -0.780. The zero-order valence-electron chi connectivity index (χ0n) is 10.9. The van der Waals surface area contributed by atoms with Gasteiger partial charge in [-0.05, 0) is 19.4 Å². The Hall–Kier alpha value is -0.690. The highest BCUT2D eigenvalue weighted by atomic mass is 16.5. The van der Waals surface area contributed by atoms with E-state index in [0.717, 1.165) is 19.4 Å². The molecule has 0 aromatic heterocycles. The first-order valence-corrected chi connectivity index (χ1v) is 6.34. The van der Waals surface area contributed by atoms with E-state index in [2.05, 4.69) is 0 Å². The Kier molecular flexibility index (Phi) is 7.19. The molecule has 6 nitrogen and oxygen atoms in total. The predicted octanol–water partition coefficient (Wildman–Crippen LogP) is -0.0506. The lowest BCUT2D eigenvalue weighted by atomic mass is 10.1. The van der Waals surface area contributed by atoms with Crippen LogP contribution in [-0.2, 0) is 14.3 Å². The van der Waals surface area contributed by atoms with Crippen molar-refractivity contribution >= 4 is 5.97 Å². The van der Waals surface area contributed by atoms with Crippen LogP contribution in [-0.4, -0.2) is 73.2 Å². The van der Waals surface area contributed by atoms with E-state index in [0.29, 0.717) is 19.8 Å². The maximum Gasteiger partial charge on any atom is 0.304 e. The Morgan fingerprint density at radius 2 is 2.28 bits per heavy atom. The Labute approximate surface area is 107 Å². The van der Waals surface area contributed by atoms with E-state index < -0.39 is 12.1 Å². The molecule has 1 fully saturated rings. The maximum absolute atomic E-state index is 10.7. The van der Waals surface area contributed by atoms with Crippen molar-refractivity contribution in [1.82, 2.24) is 4.90 Å². The third-order valence-corrected chi connectivity index (χ3v) is 3.10. The molecular formula is C12H23NO5. The maximum atomic E-state index is 10.7. The number of carbonyl (C=O) groups is 1. The molecule has 0 radical (unpaired) electrons. The molecule has 1 saturated heterocycles. The molecule has 0 aliphatic carbocycles. The number of aliphatic hydroxyl groups is 1. The van der Waals surface area contributed by atoms with E-state index in [4.69, 9.17) is 14.6 Å². The lowest BCUT2D eigenvalue weighted by molar-refractivity contribution is -0.138. The number of hydrogen-bond donors (Lipinski definition) is 2. The second-order valence-electron chi connectivity index (χ2n) is 4.61. The quantitative estimate of drug-likeness (QED) is 0.567. The van der Waals surface area contributed by atoms with E-state index in [1.807, 2.05) is 4.90 Å². The topological polar surface area (TPSA) is 79.2 Å². The van der Waals surface area contributed by atoms with Gasteiger partial charge in [0.05, 0.1) is 32.3 Å². The molecule has 106 valence electrons. The molecule has 0 bridgehead atoms. The van der Waals surface area contributed by atoms with Crippen LogP contribution in [0.15, 0.2) is 0 Å². The molecular weight excluding hydrogens is 238 g/mol. The van der Waals surface area contributed by atoms with Crippen molar-refractivity contribution in [3.8, 4) is 0 Å². The van der Waals surface area contributed by atoms with Gasteiger partial charge in [0.25, 0.3) is 0 Å². The number of carboxylic acid groups (broad SMARTS) is 1. The fourth-order valence-corrected chi connectivity index (χ4v) is 2.25. The zero-order valence-corrected chi connectivity index (χ0v) is 10.9. The average molecular weight is 261 g/mol. The third kappa shape index (κ3) is 5.77. The molecule has 1 heterocycles. The summed E-state index contributed by atoms with van der Waals surface area (Å²) in [5.41, 5.74) is 0. The Balaban J connectivity index is 2.21. The number of nitrogens with zero attached hydrogens (tertiary/aromatic N) is 1. The van der Waals surface area contributed by atoms with Gasteiger partial charge in [0.2, 0.25) is 0 Å². The molecule has 2 atom stereocenters. The zero-order chi connectivity index (χ0) is 13.4. The standard InChI is InChI=1S/C12H23NO5/c1-17-5-6-18-9-11(14)8-13-4-2-3-10(13)7-12(15)16/h10-11,14H,2-9H2,1H3,(H,15,16). The average Bonchev–Trinajstić information content (AvgIpc) is 2.71. The molecule has 2 N–H and O–H groups in total. The van der Waals surface area contributed by atoms with Gasteiger partial charge >= 0.3 is 5.97 Å². The van der Waals surface area contributed by atoms with Gasteiger partial charge < -0.3 is 19.7 Å². The summed E-state index contributed by atoms with van der Waals surface area (Å²) in [6, 6.07) is 0.0520. The van der Waals surface area contributed by atoms with E-state index in [9.17, 15) is 9.90 Å². The monoisotopic (exact) mass is 261 g/mol. The summed E-state index contributed by atoms with van der Waals surface area (Å²) >= 11 is 0. The molecule has 1 aliphatic rings. The number of aliphatic hydroxyl groups excluding tert-OH is 1. The van der Waals surface area contributed by atoms with Gasteiger partial charge in [-0.2, -0.15) is 0 Å². The van der Waals surface area contributed by atoms with Crippen molar-refractivity contribution in [3.05, 3.63) is 0 Å². The second-order valence-corrected chi connectivity index (χ2v) is 4.61. The molecule has 0 aromatic rings. The van der Waals surface area contributed by atoms with Crippen LogP contribution >= 0.6 is 0 Å². The largest absolute Gasteiger partial charge is 0.481 e. The fourth-order valence-electron chi connectivity index (χ4n) is 2.25. The van der Waals surface area contributed by atoms with Crippen molar-refractivity contribution in [3.63, 3.8) is 0 Å². The second kappa shape index (κ2) is 8.42. The van der Waals surface area contributed by atoms with Crippen LogP contribution in [0.4, 0.5) is 0 Å². The number of aliphatic carboxylic acids is 1. The van der Waals surface area contributed by atoms with E-state index in [-0.39, 0.29) is 19.1 Å². The van der Waals surface area contributed by atoms with E-state index in [1.54, 1.807) is 7.11 Å². The number of β-amino-alcohol motifs (C(OH)–C–C–N with tert-alkyl or cyclic N) is 1. The van der Waals surface area contributed by atoms with Gasteiger partial charge in [0.1, 0.15) is 0 Å². The molecule has 1 aliphatic heterocycles. The first kappa shape index (κ1) is 15.4. The number of hydrogen-bond acceptors (Lipinski definition) is 5. The molecule has 0 saturated carbocycles. The smallest absolute Gasteiger partial charge is 0.304 e.